The predicted octanol–water partition coefficient (Wildman–Crippen LogP) is 6.01. The number of aryl methyl sites for hydroxylation is 4. The van der Waals surface area contributed by atoms with Crippen molar-refractivity contribution >= 4 is 38.3 Å². The van der Waals surface area contributed by atoms with Crippen LogP contribution in [-0.4, -0.2) is 31.0 Å². The van der Waals surface area contributed by atoms with Crippen LogP contribution in [0.1, 0.15) is 72.1 Å². The number of hydrogen-bond donors (Lipinski definition) is 0. The molecule has 0 amide bonds. The van der Waals surface area contributed by atoms with Gasteiger partial charge in [-0.3, -0.25) is 4.79 Å². The first kappa shape index (κ1) is 26.0. The Kier molecular flexibility index (Phi) is 11.3. The van der Waals surface area contributed by atoms with Crippen LogP contribution < -0.4 is 10.0 Å². The second-order valence-corrected chi connectivity index (χ2v) is 9.17. The van der Waals surface area contributed by atoms with Crippen LogP contribution in [0.15, 0.2) is 30.3 Å². The van der Waals surface area contributed by atoms with Gasteiger partial charge >= 0.3 is 18.9 Å². The summed E-state index contributed by atoms with van der Waals surface area (Å²) in [6.07, 6.45) is 4.89. The zero-order chi connectivity index (χ0) is 20.7. The molecular weight excluding hydrogens is 370 g/mol. The first-order chi connectivity index (χ1) is 13.3. The number of rotatable bonds is 10. The van der Waals surface area contributed by atoms with E-state index in [0.29, 0.717) is 5.92 Å². The summed E-state index contributed by atoms with van der Waals surface area (Å²) in [5.41, 5.74) is 5.59. The molecule has 0 aliphatic rings. The first-order valence-electron chi connectivity index (χ1n) is 10.5. The van der Waals surface area contributed by atoms with E-state index in [-0.39, 0.29) is 33.0 Å². The van der Waals surface area contributed by atoms with E-state index in [0.717, 1.165) is 46.3 Å². The summed E-state index contributed by atoms with van der Waals surface area (Å²) in [7, 11) is 0.143. The van der Waals surface area contributed by atoms with Crippen molar-refractivity contribution < 1.29 is 9.53 Å². The maximum absolute atomic E-state index is 12.9. The summed E-state index contributed by atoms with van der Waals surface area (Å²) in [6, 6.07) is 10.3. The molecule has 2 rings (SSSR count). The molecule has 2 nitrogen and oxygen atoms in total. The van der Waals surface area contributed by atoms with Gasteiger partial charge in [-0.2, -0.15) is 0 Å². The van der Waals surface area contributed by atoms with Crippen molar-refractivity contribution in [3.05, 3.63) is 58.1 Å². The number of carbonyl (C=O) groups is 1. The molecule has 0 aliphatic carbocycles. The van der Waals surface area contributed by atoms with E-state index in [1.807, 2.05) is 19.9 Å². The Morgan fingerprint density at radius 2 is 1.66 bits per heavy atom. The fourth-order valence-electron chi connectivity index (χ4n) is 3.70. The van der Waals surface area contributed by atoms with Crippen LogP contribution in [0.2, 0.25) is 0 Å². The molecule has 0 fully saturated rings. The van der Waals surface area contributed by atoms with E-state index < -0.39 is 0 Å². The minimum absolute atomic E-state index is 0. The Labute approximate surface area is 191 Å². The third-order valence-corrected chi connectivity index (χ3v) is 6.69. The summed E-state index contributed by atoms with van der Waals surface area (Å²) >= 11 is 0. The molecule has 2 unspecified atom stereocenters. The number of benzene rings is 2. The van der Waals surface area contributed by atoms with E-state index in [2.05, 4.69) is 52.0 Å². The monoisotopic (exact) mass is 406 g/mol. The summed E-state index contributed by atoms with van der Waals surface area (Å²) in [5, 5.41) is 1.11. The summed E-state index contributed by atoms with van der Waals surface area (Å²) in [5.74, 6) is 1.53. The molecule has 0 spiro atoms. The van der Waals surface area contributed by atoms with Crippen LogP contribution in [0.3, 0.4) is 0 Å². The van der Waals surface area contributed by atoms with Gasteiger partial charge in [0, 0.05) is 5.56 Å². The molecule has 2 aromatic carbocycles. The molecule has 0 heterocycles. The van der Waals surface area contributed by atoms with E-state index in [4.69, 9.17) is 4.74 Å². The second-order valence-electron chi connectivity index (χ2n) is 7.93. The van der Waals surface area contributed by atoms with Gasteiger partial charge in [0.2, 0.25) is 0 Å². The van der Waals surface area contributed by atoms with Crippen LogP contribution in [0, 0.1) is 33.6 Å². The molecule has 0 radical (unpaired) electrons. The van der Waals surface area contributed by atoms with Crippen molar-refractivity contribution in [1.29, 1.82) is 0 Å². The van der Waals surface area contributed by atoms with Crippen LogP contribution >= 0.6 is 8.58 Å². The van der Waals surface area contributed by atoms with Gasteiger partial charge in [0.1, 0.15) is 5.75 Å². The molecule has 4 heteroatoms. The van der Waals surface area contributed by atoms with Crippen molar-refractivity contribution in [3.63, 3.8) is 0 Å². The molecule has 154 valence electrons. The van der Waals surface area contributed by atoms with E-state index in [9.17, 15) is 4.79 Å². The summed E-state index contributed by atoms with van der Waals surface area (Å²) < 4.78 is 6.05. The van der Waals surface area contributed by atoms with Crippen molar-refractivity contribution in [1.82, 2.24) is 0 Å². The summed E-state index contributed by atoms with van der Waals surface area (Å²) in [4.78, 5) is 12.9. The average Bonchev–Trinajstić information content (AvgIpc) is 2.63. The van der Waals surface area contributed by atoms with Gasteiger partial charge in [-0.05, 0) is 82.7 Å². The zero-order valence-corrected chi connectivity index (χ0v) is 19.3. The first-order valence-corrected chi connectivity index (χ1v) is 11.5. The van der Waals surface area contributed by atoms with Crippen LogP contribution in [0.4, 0.5) is 0 Å². The fourth-order valence-corrected chi connectivity index (χ4v) is 4.90. The van der Waals surface area contributed by atoms with Gasteiger partial charge in [-0.25, -0.2) is 0 Å². The van der Waals surface area contributed by atoms with Crippen LogP contribution in [0.25, 0.3) is 0 Å². The molecule has 2 aromatic rings. The minimum atomic E-state index is 0. The van der Waals surface area contributed by atoms with Crippen LogP contribution in [-0.2, 0) is 0 Å². The SMILES string of the molecule is CCCCC(CC)COc1ccc(PC(=O)c2c(C)cc(C)cc2C)c(C)c1.[LiH]. The molecule has 29 heavy (non-hydrogen) atoms. The normalized spacial score (nSPS) is 12.1. The van der Waals surface area contributed by atoms with Gasteiger partial charge in [0.05, 0.1) is 6.61 Å². The molecule has 0 N–H and O–H groups in total. The molecule has 0 bridgehead atoms. The third kappa shape index (κ3) is 7.60. The van der Waals surface area contributed by atoms with Gasteiger partial charge in [0.25, 0.3) is 0 Å². The van der Waals surface area contributed by atoms with Gasteiger partial charge < -0.3 is 4.74 Å². The van der Waals surface area contributed by atoms with E-state index in [1.165, 1.54) is 24.8 Å². The maximum atomic E-state index is 12.9. The predicted molar refractivity (Wildman–Crippen MR) is 130 cm³/mol. The topological polar surface area (TPSA) is 26.3 Å². The van der Waals surface area contributed by atoms with Crippen LogP contribution in [0.5, 0.6) is 5.75 Å². The zero-order valence-electron chi connectivity index (χ0n) is 18.3. The molecule has 0 saturated carbocycles. The standard InChI is InChI=1S/C25H35O2P.Li.H/c1-7-9-10-21(8-2)16-27-22-11-12-23(18(4)15-22)28-25(26)24-19(5)13-17(3)14-20(24)6;;/h11-15,21,28H,7-10,16H2,1-6H3;;. The third-order valence-electron chi connectivity index (χ3n) is 5.38. The molecule has 0 aliphatic heterocycles. The fraction of sp³-hybridized carbons (Fsp3) is 0.480. The molecule has 0 saturated heterocycles. The number of carbonyl (C=O) groups excluding carboxylic acids is 1. The van der Waals surface area contributed by atoms with Gasteiger partial charge in [0.15, 0.2) is 5.52 Å². The summed E-state index contributed by atoms with van der Waals surface area (Å²) in [6.45, 7) is 13.5. The quantitative estimate of drug-likeness (QED) is 0.357. The number of unbranched alkanes of at least 4 members (excludes halogenated alkanes) is 1. The van der Waals surface area contributed by atoms with Gasteiger partial charge in [-0.1, -0.05) is 56.9 Å². The van der Waals surface area contributed by atoms with E-state index >= 15 is 0 Å². The van der Waals surface area contributed by atoms with Crippen molar-refractivity contribution in [2.45, 2.75) is 67.2 Å². The van der Waals surface area contributed by atoms with Gasteiger partial charge in [-0.15, -0.1) is 0 Å². The number of hydrogen-bond acceptors (Lipinski definition) is 2. The Morgan fingerprint density at radius 3 is 2.21 bits per heavy atom. The van der Waals surface area contributed by atoms with E-state index in [1.54, 1.807) is 0 Å². The Bertz CT molecular complexity index is 793. The van der Waals surface area contributed by atoms with Crippen molar-refractivity contribution in [2.75, 3.05) is 6.61 Å². The Balaban J connectivity index is 0.00000420. The van der Waals surface area contributed by atoms with Crippen molar-refractivity contribution in [3.8, 4) is 5.75 Å². The Morgan fingerprint density at radius 1 is 1.00 bits per heavy atom. The average molecular weight is 406 g/mol. The molecule has 0 aromatic heterocycles. The molecular formula is C25H36LiO2P. The number of ether oxygens (including phenoxy) is 1. The molecule has 2 atom stereocenters. The second kappa shape index (κ2) is 12.6. The van der Waals surface area contributed by atoms with Crippen molar-refractivity contribution in [2.24, 2.45) is 5.92 Å². The Hall–Kier alpha value is -1.06.